The number of amides is 1. The minimum Gasteiger partial charge on any atom is -0.355 e. The second-order valence-electron chi connectivity index (χ2n) is 3.58. The zero-order valence-electron chi connectivity index (χ0n) is 10.3. The third-order valence-electron chi connectivity index (χ3n) is 2.48. The molecule has 0 aromatic carbocycles. The van der Waals surface area contributed by atoms with E-state index in [2.05, 4.69) is 29.4 Å². The summed E-state index contributed by atoms with van der Waals surface area (Å²) >= 11 is 0. The SMILES string of the molecule is CCN(CC)CCNC(=O)CCCNC. The molecule has 0 rings (SSSR count). The molecular formula is C11H25N3O. The summed E-state index contributed by atoms with van der Waals surface area (Å²) in [6, 6.07) is 0. The van der Waals surface area contributed by atoms with E-state index >= 15 is 0 Å². The van der Waals surface area contributed by atoms with Crippen molar-refractivity contribution in [1.29, 1.82) is 0 Å². The van der Waals surface area contributed by atoms with E-state index in [0.717, 1.165) is 39.1 Å². The van der Waals surface area contributed by atoms with Crippen LogP contribution in [0.4, 0.5) is 0 Å². The molecule has 0 aliphatic heterocycles. The van der Waals surface area contributed by atoms with E-state index in [-0.39, 0.29) is 5.91 Å². The lowest BCUT2D eigenvalue weighted by Gasteiger charge is -2.17. The molecule has 0 saturated heterocycles. The molecule has 0 bridgehead atoms. The van der Waals surface area contributed by atoms with Crippen LogP contribution in [0.25, 0.3) is 0 Å². The number of hydrogen-bond donors (Lipinski definition) is 2. The van der Waals surface area contributed by atoms with E-state index in [9.17, 15) is 4.79 Å². The number of nitrogens with one attached hydrogen (secondary N) is 2. The van der Waals surface area contributed by atoms with Crippen LogP contribution in [0.3, 0.4) is 0 Å². The molecule has 0 unspecified atom stereocenters. The lowest BCUT2D eigenvalue weighted by atomic mass is 10.3. The van der Waals surface area contributed by atoms with E-state index in [0.29, 0.717) is 6.42 Å². The summed E-state index contributed by atoms with van der Waals surface area (Å²) in [5, 5.41) is 5.96. The largest absolute Gasteiger partial charge is 0.355 e. The molecule has 0 aliphatic carbocycles. The second kappa shape index (κ2) is 9.93. The second-order valence-corrected chi connectivity index (χ2v) is 3.58. The maximum Gasteiger partial charge on any atom is 0.220 e. The Labute approximate surface area is 93.4 Å². The van der Waals surface area contributed by atoms with Crippen molar-refractivity contribution >= 4 is 5.91 Å². The molecule has 2 N–H and O–H groups in total. The summed E-state index contributed by atoms with van der Waals surface area (Å²) in [4.78, 5) is 13.6. The average molecular weight is 215 g/mol. The standard InChI is InChI=1S/C11H25N3O/c1-4-14(5-2)10-9-13-11(15)7-6-8-12-3/h12H,4-10H2,1-3H3,(H,13,15). The minimum absolute atomic E-state index is 0.164. The minimum atomic E-state index is 0.164. The zero-order valence-corrected chi connectivity index (χ0v) is 10.3. The lowest BCUT2D eigenvalue weighted by Crippen LogP contribution is -2.34. The van der Waals surface area contributed by atoms with Crippen LogP contribution in [0.1, 0.15) is 26.7 Å². The first-order chi connectivity index (χ1) is 7.24. The predicted octanol–water partition coefficient (Wildman–Crippen LogP) is 0.444. The highest BCUT2D eigenvalue weighted by Crippen LogP contribution is 1.88. The molecule has 4 nitrogen and oxygen atoms in total. The van der Waals surface area contributed by atoms with Crippen molar-refractivity contribution in [3.63, 3.8) is 0 Å². The zero-order chi connectivity index (χ0) is 11.5. The number of nitrogens with zero attached hydrogens (tertiary/aromatic N) is 1. The summed E-state index contributed by atoms with van der Waals surface area (Å²) in [7, 11) is 1.90. The van der Waals surface area contributed by atoms with Gasteiger partial charge in [0.2, 0.25) is 5.91 Å². The maximum absolute atomic E-state index is 11.3. The lowest BCUT2D eigenvalue weighted by molar-refractivity contribution is -0.121. The molecule has 4 heteroatoms. The highest BCUT2D eigenvalue weighted by Gasteiger charge is 2.01. The normalized spacial score (nSPS) is 10.7. The van der Waals surface area contributed by atoms with Crippen LogP contribution in [-0.2, 0) is 4.79 Å². The summed E-state index contributed by atoms with van der Waals surface area (Å²) in [5.74, 6) is 0.164. The van der Waals surface area contributed by atoms with E-state index in [4.69, 9.17) is 0 Å². The van der Waals surface area contributed by atoms with Gasteiger partial charge in [-0.3, -0.25) is 4.79 Å². The van der Waals surface area contributed by atoms with Gasteiger partial charge in [0.05, 0.1) is 0 Å². The Morgan fingerprint density at radius 2 is 1.87 bits per heavy atom. The Morgan fingerprint density at radius 1 is 1.20 bits per heavy atom. The van der Waals surface area contributed by atoms with E-state index in [1.165, 1.54) is 0 Å². The molecule has 15 heavy (non-hydrogen) atoms. The van der Waals surface area contributed by atoms with E-state index in [1.54, 1.807) is 0 Å². The summed E-state index contributed by atoms with van der Waals surface area (Å²) in [6.45, 7) is 8.99. The first kappa shape index (κ1) is 14.4. The molecule has 90 valence electrons. The molecule has 0 fully saturated rings. The third-order valence-corrected chi connectivity index (χ3v) is 2.48. The van der Waals surface area contributed by atoms with Gasteiger partial charge in [0.1, 0.15) is 0 Å². The Morgan fingerprint density at radius 3 is 2.40 bits per heavy atom. The molecular weight excluding hydrogens is 190 g/mol. The fourth-order valence-corrected chi connectivity index (χ4v) is 1.41. The number of carbonyl (C=O) groups excluding carboxylic acids is 1. The third kappa shape index (κ3) is 8.39. The molecule has 0 spiro atoms. The van der Waals surface area contributed by atoms with Gasteiger partial charge < -0.3 is 15.5 Å². The molecule has 0 aromatic rings. The van der Waals surface area contributed by atoms with Crippen LogP contribution in [-0.4, -0.2) is 50.6 Å². The summed E-state index contributed by atoms with van der Waals surface area (Å²) < 4.78 is 0. The van der Waals surface area contributed by atoms with Crippen molar-refractivity contribution in [2.75, 3.05) is 39.8 Å². The number of likely N-dealkylation sites (N-methyl/N-ethyl adjacent to an activating group) is 1. The van der Waals surface area contributed by atoms with Gasteiger partial charge in [0.15, 0.2) is 0 Å². The molecule has 0 aromatic heterocycles. The van der Waals surface area contributed by atoms with Gasteiger partial charge in [0, 0.05) is 19.5 Å². The van der Waals surface area contributed by atoms with Crippen LogP contribution in [0.2, 0.25) is 0 Å². The average Bonchev–Trinajstić information content (AvgIpc) is 2.25. The predicted molar refractivity (Wildman–Crippen MR) is 64.0 cm³/mol. The molecule has 0 atom stereocenters. The Kier molecular flexibility index (Phi) is 9.52. The van der Waals surface area contributed by atoms with Crippen molar-refractivity contribution < 1.29 is 4.79 Å². The van der Waals surface area contributed by atoms with Crippen LogP contribution in [0.15, 0.2) is 0 Å². The van der Waals surface area contributed by atoms with Gasteiger partial charge in [-0.1, -0.05) is 13.8 Å². The van der Waals surface area contributed by atoms with Gasteiger partial charge in [0.25, 0.3) is 0 Å². The van der Waals surface area contributed by atoms with Crippen molar-refractivity contribution in [2.24, 2.45) is 0 Å². The van der Waals surface area contributed by atoms with Crippen LogP contribution in [0.5, 0.6) is 0 Å². The fourth-order valence-electron chi connectivity index (χ4n) is 1.41. The molecule has 0 aliphatic rings. The Hall–Kier alpha value is -0.610. The highest BCUT2D eigenvalue weighted by atomic mass is 16.1. The highest BCUT2D eigenvalue weighted by molar-refractivity contribution is 5.75. The van der Waals surface area contributed by atoms with Gasteiger partial charge >= 0.3 is 0 Å². The molecule has 0 radical (unpaired) electrons. The summed E-state index contributed by atoms with van der Waals surface area (Å²) in [6.07, 6.45) is 1.53. The molecule has 1 amide bonds. The first-order valence-corrected chi connectivity index (χ1v) is 5.88. The van der Waals surface area contributed by atoms with E-state index in [1.807, 2.05) is 7.05 Å². The van der Waals surface area contributed by atoms with Crippen LogP contribution in [0, 0.1) is 0 Å². The maximum atomic E-state index is 11.3. The number of hydrogen-bond acceptors (Lipinski definition) is 3. The van der Waals surface area contributed by atoms with Crippen molar-refractivity contribution in [3.05, 3.63) is 0 Å². The van der Waals surface area contributed by atoms with E-state index < -0.39 is 0 Å². The van der Waals surface area contributed by atoms with Gasteiger partial charge in [-0.15, -0.1) is 0 Å². The Balaban J connectivity index is 3.37. The summed E-state index contributed by atoms with van der Waals surface area (Å²) in [5.41, 5.74) is 0. The molecule has 0 saturated carbocycles. The van der Waals surface area contributed by atoms with Gasteiger partial charge in [-0.2, -0.15) is 0 Å². The fraction of sp³-hybridized carbons (Fsp3) is 0.909. The van der Waals surface area contributed by atoms with Gasteiger partial charge in [-0.05, 0) is 33.1 Å². The van der Waals surface area contributed by atoms with Crippen LogP contribution >= 0.6 is 0 Å². The number of carbonyl (C=O) groups is 1. The van der Waals surface area contributed by atoms with Crippen LogP contribution < -0.4 is 10.6 Å². The van der Waals surface area contributed by atoms with Crippen molar-refractivity contribution in [1.82, 2.24) is 15.5 Å². The smallest absolute Gasteiger partial charge is 0.220 e. The topological polar surface area (TPSA) is 44.4 Å². The van der Waals surface area contributed by atoms with Gasteiger partial charge in [-0.25, -0.2) is 0 Å². The monoisotopic (exact) mass is 215 g/mol. The Bertz CT molecular complexity index is 158. The number of rotatable bonds is 9. The van der Waals surface area contributed by atoms with Crippen molar-refractivity contribution in [3.8, 4) is 0 Å². The molecule has 0 heterocycles. The quantitative estimate of drug-likeness (QED) is 0.549. The van der Waals surface area contributed by atoms with Crippen molar-refractivity contribution in [2.45, 2.75) is 26.7 Å². The first-order valence-electron chi connectivity index (χ1n) is 5.88.